The summed E-state index contributed by atoms with van der Waals surface area (Å²) in [7, 11) is 0. The number of benzene rings is 1. The van der Waals surface area contributed by atoms with Gasteiger partial charge in [0.2, 0.25) is 0 Å². The Balaban J connectivity index is 2.45. The molecule has 0 aliphatic heterocycles. The molecule has 0 saturated heterocycles. The molecule has 0 fully saturated rings. The quantitative estimate of drug-likeness (QED) is 0.757. The number of urea groups is 1. The number of aliphatic hydroxyl groups is 1. The molecule has 4 nitrogen and oxygen atoms in total. The number of carbonyl (C=O) groups is 1. The van der Waals surface area contributed by atoms with Crippen LogP contribution in [-0.2, 0) is 0 Å². The van der Waals surface area contributed by atoms with Gasteiger partial charge < -0.3 is 15.7 Å². The van der Waals surface area contributed by atoms with Gasteiger partial charge in [-0.2, -0.15) is 0 Å². The molecule has 0 spiro atoms. The van der Waals surface area contributed by atoms with E-state index in [0.29, 0.717) is 12.5 Å². The Bertz CT molecular complexity index is 397. The molecule has 1 atom stereocenters. The van der Waals surface area contributed by atoms with Crippen molar-refractivity contribution >= 4 is 11.7 Å². The first-order valence-electron chi connectivity index (χ1n) is 5.17. The van der Waals surface area contributed by atoms with Gasteiger partial charge >= 0.3 is 6.03 Å². The largest absolute Gasteiger partial charge is 0.393 e. The van der Waals surface area contributed by atoms with Crippen LogP contribution >= 0.6 is 0 Å². The van der Waals surface area contributed by atoms with Crippen LogP contribution in [0.1, 0.15) is 13.3 Å². The van der Waals surface area contributed by atoms with Crippen molar-refractivity contribution in [3.63, 3.8) is 0 Å². The lowest BCUT2D eigenvalue weighted by Crippen LogP contribution is -2.31. The number of rotatable bonds is 4. The third-order valence-electron chi connectivity index (χ3n) is 2.03. The number of hydrogen-bond acceptors (Lipinski definition) is 2. The molecule has 1 rings (SSSR count). The molecule has 2 amide bonds. The Morgan fingerprint density at radius 2 is 2.18 bits per heavy atom. The highest BCUT2D eigenvalue weighted by molar-refractivity contribution is 5.89. The van der Waals surface area contributed by atoms with Crippen molar-refractivity contribution in [3.8, 4) is 0 Å². The summed E-state index contributed by atoms with van der Waals surface area (Å²) in [5, 5.41) is 13.6. The van der Waals surface area contributed by atoms with E-state index in [4.69, 9.17) is 5.11 Å². The number of anilines is 1. The average Bonchev–Trinajstić information content (AvgIpc) is 2.21. The van der Waals surface area contributed by atoms with Crippen LogP contribution in [-0.4, -0.2) is 23.8 Å². The van der Waals surface area contributed by atoms with Gasteiger partial charge in [0, 0.05) is 12.6 Å². The van der Waals surface area contributed by atoms with E-state index in [1.165, 1.54) is 0 Å². The molecule has 6 heteroatoms. The minimum atomic E-state index is -0.837. The average molecular weight is 244 g/mol. The lowest BCUT2D eigenvalue weighted by molar-refractivity contribution is 0.184. The Morgan fingerprint density at radius 1 is 1.47 bits per heavy atom. The lowest BCUT2D eigenvalue weighted by atomic mass is 10.3. The molecule has 0 radical (unpaired) electrons. The fraction of sp³-hybridized carbons (Fsp3) is 0.364. The van der Waals surface area contributed by atoms with Gasteiger partial charge in [-0.15, -0.1) is 0 Å². The predicted octanol–water partition coefficient (Wildman–Crippen LogP) is 1.86. The van der Waals surface area contributed by atoms with Gasteiger partial charge in [-0.3, -0.25) is 0 Å². The minimum absolute atomic E-state index is 0.0963. The van der Waals surface area contributed by atoms with Crippen molar-refractivity contribution in [1.82, 2.24) is 5.32 Å². The molecule has 1 aromatic rings. The van der Waals surface area contributed by atoms with Crippen LogP contribution in [0.25, 0.3) is 0 Å². The number of aliphatic hydroxyl groups excluding tert-OH is 1. The summed E-state index contributed by atoms with van der Waals surface area (Å²) in [5.74, 6) is -1.54. The van der Waals surface area contributed by atoms with Gasteiger partial charge in [0.15, 0.2) is 0 Å². The third kappa shape index (κ3) is 4.78. The van der Waals surface area contributed by atoms with E-state index in [1.54, 1.807) is 6.92 Å². The molecule has 0 aliphatic rings. The number of hydrogen-bond donors (Lipinski definition) is 3. The van der Waals surface area contributed by atoms with Crippen LogP contribution in [0.3, 0.4) is 0 Å². The highest BCUT2D eigenvalue weighted by atomic mass is 19.1. The molecule has 0 aromatic heterocycles. The zero-order chi connectivity index (χ0) is 12.8. The summed E-state index contributed by atoms with van der Waals surface area (Å²) in [4.78, 5) is 11.3. The van der Waals surface area contributed by atoms with Gasteiger partial charge in [-0.1, -0.05) is 0 Å². The fourth-order valence-electron chi connectivity index (χ4n) is 1.15. The predicted molar refractivity (Wildman–Crippen MR) is 59.7 cm³/mol. The Kier molecular flexibility index (Phi) is 4.84. The maximum absolute atomic E-state index is 13.1. The van der Waals surface area contributed by atoms with Gasteiger partial charge in [-0.25, -0.2) is 13.6 Å². The van der Waals surface area contributed by atoms with Crippen LogP contribution in [0.5, 0.6) is 0 Å². The SMILES string of the molecule is C[C@@H](O)CCNC(=O)Nc1ccc(F)cc1F. The number of amides is 2. The van der Waals surface area contributed by atoms with Crippen molar-refractivity contribution in [2.45, 2.75) is 19.4 Å². The maximum atomic E-state index is 13.1. The summed E-state index contributed by atoms with van der Waals surface area (Å²) >= 11 is 0. The topological polar surface area (TPSA) is 61.4 Å². The van der Waals surface area contributed by atoms with Crippen LogP contribution in [0.2, 0.25) is 0 Å². The molecular weight excluding hydrogens is 230 g/mol. The van der Waals surface area contributed by atoms with Gasteiger partial charge in [-0.05, 0) is 25.5 Å². The summed E-state index contributed by atoms with van der Waals surface area (Å²) in [6.45, 7) is 1.87. The van der Waals surface area contributed by atoms with E-state index in [2.05, 4.69) is 10.6 Å². The highest BCUT2D eigenvalue weighted by Gasteiger charge is 2.07. The van der Waals surface area contributed by atoms with Crippen molar-refractivity contribution in [3.05, 3.63) is 29.8 Å². The van der Waals surface area contributed by atoms with E-state index in [1.807, 2.05) is 0 Å². The van der Waals surface area contributed by atoms with Gasteiger partial charge in [0.05, 0.1) is 11.8 Å². The molecular formula is C11H14F2N2O2. The monoisotopic (exact) mass is 244 g/mol. The number of nitrogens with one attached hydrogen (secondary N) is 2. The Labute approximate surface area is 97.6 Å². The standard InChI is InChI=1S/C11H14F2N2O2/c1-7(16)4-5-14-11(17)15-10-3-2-8(12)6-9(10)13/h2-3,6-7,16H,4-5H2,1H3,(H2,14,15,17)/t7-/m1/s1. The first-order valence-corrected chi connectivity index (χ1v) is 5.17. The summed E-state index contributed by atoms with van der Waals surface area (Å²) in [5.41, 5.74) is -0.0963. The van der Waals surface area contributed by atoms with E-state index in [-0.39, 0.29) is 12.2 Å². The van der Waals surface area contributed by atoms with Crippen LogP contribution in [0.4, 0.5) is 19.3 Å². The number of carbonyl (C=O) groups excluding carboxylic acids is 1. The zero-order valence-electron chi connectivity index (χ0n) is 9.34. The third-order valence-corrected chi connectivity index (χ3v) is 2.03. The van der Waals surface area contributed by atoms with E-state index >= 15 is 0 Å². The zero-order valence-corrected chi connectivity index (χ0v) is 9.34. The van der Waals surface area contributed by atoms with E-state index in [0.717, 1.165) is 12.1 Å². The van der Waals surface area contributed by atoms with E-state index in [9.17, 15) is 13.6 Å². The molecule has 0 heterocycles. The summed E-state index contributed by atoms with van der Waals surface area (Å²) < 4.78 is 25.7. The number of halogens is 2. The molecule has 0 saturated carbocycles. The summed E-state index contributed by atoms with van der Waals surface area (Å²) in [6.07, 6.45) is -0.114. The first-order chi connectivity index (χ1) is 7.99. The van der Waals surface area contributed by atoms with Crippen LogP contribution < -0.4 is 10.6 Å². The van der Waals surface area contributed by atoms with E-state index < -0.39 is 23.8 Å². The Morgan fingerprint density at radius 3 is 2.76 bits per heavy atom. The lowest BCUT2D eigenvalue weighted by Gasteiger charge is -2.09. The maximum Gasteiger partial charge on any atom is 0.319 e. The first kappa shape index (κ1) is 13.4. The van der Waals surface area contributed by atoms with Crippen molar-refractivity contribution < 1.29 is 18.7 Å². The second kappa shape index (κ2) is 6.15. The molecule has 0 bridgehead atoms. The highest BCUT2D eigenvalue weighted by Crippen LogP contribution is 2.14. The van der Waals surface area contributed by atoms with Crippen molar-refractivity contribution in [2.24, 2.45) is 0 Å². The molecule has 0 unspecified atom stereocenters. The molecule has 3 N–H and O–H groups in total. The molecule has 17 heavy (non-hydrogen) atoms. The smallest absolute Gasteiger partial charge is 0.319 e. The normalized spacial score (nSPS) is 12.0. The molecule has 0 aliphatic carbocycles. The second-order valence-electron chi connectivity index (χ2n) is 3.64. The summed E-state index contributed by atoms with van der Waals surface area (Å²) in [6, 6.07) is 2.27. The van der Waals surface area contributed by atoms with Crippen molar-refractivity contribution in [2.75, 3.05) is 11.9 Å². The van der Waals surface area contributed by atoms with Gasteiger partial charge in [0.25, 0.3) is 0 Å². The minimum Gasteiger partial charge on any atom is -0.393 e. The van der Waals surface area contributed by atoms with Gasteiger partial charge in [0.1, 0.15) is 11.6 Å². The van der Waals surface area contributed by atoms with Crippen LogP contribution in [0.15, 0.2) is 18.2 Å². The molecule has 94 valence electrons. The Hall–Kier alpha value is -1.69. The second-order valence-corrected chi connectivity index (χ2v) is 3.64. The molecule has 1 aromatic carbocycles. The van der Waals surface area contributed by atoms with Crippen LogP contribution in [0, 0.1) is 11.6 Å². The fourth-order valence-corrected chi connectivity index (χ4v) is 1.15. The van der Waals surface area contributed by atoms with Crippen molar-refractivity contribution in [1.29, 1.82) is 0 Å².